The molecule has 2 N–H and O–H groups in total. The standard InChI is InChI=1S/C10H20N2O/c11-9-7-10(8-9)13-6-5-12-3-1-2-4-12/h9-10H,1-8,11H2. The fraction of sp³-hybridized carbons (Fsp3) is 1.00. The summed E-state index contributed by atoms with van der Waals surface area (Å²) in [5.74, 6) is 0. The average molecular weight is 184 g/mol. The van der Waals surface area contributed by atoms with Crippen LogP contribution in [0.5, 0.6) is 0 Å². The third kappa shape index (κ3) is 2.66. The molecule has 1 aliphatic carbocycles. The number of ether oxygens (including phenoxy) is 1. The summed E-state index contributed by atoms with van der Waals surface area (Å²) in [6.07, 6.45) is 5.35. The highest BCUT2D eigenvalue weighted by atomic mass is 16.5. The van der Waals surface area contributed by atoms with Crippen LogP contribution in [0.4, 0.5) is 0 Å². The Bertz CT molecular complexity index is 151. The van der Waals surface area contributed by atoms with E-state index in [1.807, 2.05) is 0 Å². The van der Waals surface area contributed by atoms with E-state index in [-0.39, 0.29) is 0 Å². The summed E-state index contributed by atoms with van der Waals surface area (Å²) in [5, 5.41) is 0. The summed E-state index contributed by atoms with van der Waals surface area (Å²) >= 11 is 0. The topological polar surface area (TPSA) is 38.5 Å². The number of likely N-dealkylation sites (tertiary alicyclic amines) is 1. The van der Waals surface area contributed by atoms with Crippen molar-refractivity contribution in [3.05, 3.63) is 0 Å². The fourth-order valence-corrected chi connectivity index (χ4v) is 2.10. The van der Waals surface area contributed by atoms with Crippen LogP contribution < -0.4 is 5.73 Å². The van der Waals surface area contributed by atoms with Crippen molar-refractivity contribution in [2.45, 2.75) is 37.8 Å². The fourth-order valence-electron chi connectivity index (χ4n) is 2.10. The van der Waals surface area contributed by atoms with E-state index in [4.69, 9.17) is 10.5 Å². The van der Waals surface area contributed by atoms with E-state index >= 15 is 0 Å². The molecule has 3 nitrogen and oxygen atoms in total. The van der Waals surface area contributed by atoms with Crippen molar-refractivity contribution in [3.63, 3.8) is 0 Å². The van der Waals surface area contributed by atoms with Crippen LogP contribution in [0.1, 0.15) is 25.7 Å². The number of rotatable bonds is 4. The minimum Gasteiger partial charge on any atom is -0.377 e. The second kappa shape index (κ2) is 4.40. The molecule has 76 valence electrons. The lowest BCUT2D eigenvalue weighted by Crippen LogP contribution is -2.42. The molecule has 0 bridgehead atoms. The summed E-state index contributed by atoms with van der Waals surface area (Å²) in [5.41, 5.74) is 5.67. The maximum Gasteiger partial charge on any atom is 0.0605 e. The van der Waals surface area contributed by atoms with Crippen LogP contribution in [0.2, 0.25) is 0 Å². The molecule has 0 aromatic heterocycles. The molecule has 1 heterocycles. The van der Waals surface area contributed by atoms with Gasteiger partial charge in [0.2, 0.25) is 0 Å². The Balaban J connectivity index is 1.49. The van der Waals surface area contributed by atoms with Gasteiger partial charge < -0.3 is 15.4 Å². The van der Waals surface area contributed by atoms with Crippen molar-refractivity contribution < 1.29 is 4.74 Å². The third-order valence-corrected chi connectivity index (χ3v) is 3.09. The van der Waals surface area contributed by atoms with Crippen LogP contribution in [0.25, 0.3) is 0 Å². The summed E-state index contributed by atoms with van der Waals surface area (Å²) in [4.78, 5) is 2.48. The highest BCUT2D eigenvalue weighted by Gasteiger charge is 2.26. The minimum absolute atomic E-state index is 0.414. The quantitative estimate of drug-likeness (QED) is 0.695. The lowest BCUT2D eigenvalue weighted by atomic mass is 9.90. The Kier molecular flexibility index (Phi) is 3.19. The molecule has 2 fully saturated rings. The number of nitrogens with zero attached hydrogens (tertiary/aromatic N) is 1. The molecule has 0 spiro atoms. The summed E-state index contributed by atoms with van der Waals surface area (Å²) in [6.45, 7) is 4.56. The van der Waals surface area contributed by atoms with Crippen LogP contribution >= 0.6 is 0 Å². The predicted octanol–water partition coefficient (Wildman–Crippen LogP) is 0.588. The summed E-state index contributed by atoms with van der Waals surface area (Å²) < 4.78 is 5.69. The van der Waals surface area contributed by atoms with Gasteiger partial charge in [0, 0.05) is 12.6 Å². The lowest BCUT2D eigenvalue weighted by Gasteiger charge is -2.32. The normalized spacial score (nSPS) is 34.8. The zero-order chi connectivity index (χ0) is 9.10. The maximum atomic E-state index is 5.69. The zero-order valence-electron chi connectivity index (χ0n) is 8.24. The molecule has 0 radical (unpaired) electrons. The first-order valence-electron chi connectivity index (χ1n) is 5.44. The van der Waals surface area contributed by atoms with Crippen molar-refractivity contribution in [3.8, 4) is 0 Å². The molecule has 0 unspecified atom stereocenters. The van der Waals surface area contributed by atoms with Crippen LogP contribution in [-0.4, -0.2) is 43.3 Å². The van der Waals surface area contributed by atoms with Crippen molar-refractivity contribution in [1.82, 2.24) is 4.90 Å². The van der Waals surface area contributed by atoms with E-state index in [9.17, 15) is 0 Å². The zero-order valence-corrected chi connectivity index (χ0v) is 8.24. The number of hydrogen-bond donors (Lipinski definition) is 1. The van der Waals surface area contributed by atoms with Crippen molar-refractivity contribution in [1.29, 1.82) is 0 Å². The van der Waals surface area contributed by atoms with Gasteiger partial charge in [0.25, 0.3) is 0 Å². The highest BCUT2D eigenvalue weighted by molar-refractivity contribution is 4.82. The van der Waals surface area contributed by atoms with Gasteiger partial charge in [-0.2, -0.15) is 0 Å². The van der Waals surface area contributed by atoms with Gasteiger partial charge in [-0.05, 0) is 38.8 Å². The molecule has 0 atom stereocenters. The number of hydrogen-bond acceptors (Lipinski definition) is 3. The Hall–Kier alpha value is -0.120. The molecular formula is C10H20N2O. The van der Waals surface area contributed by atoms with Gasteiger partial charge in [0.1, 0.15) is 0 Å². The van der Waals surface area contributed by atoms with Crippen molar-refractivity contribution in [2.75, 3.05) is 26.2 Å². The van der Waals surface area contributed by atoms with Crippen molar-refractivity contribution >= 4 is 0 Å². The van der Waals surface area contributed by atoms with Crippen LogP contribution in [0, 0.1) is 0 Å². The van der Waals surface area contributed by atoms with E-state index in [1.54, 1.807) is 0 Å². The largest absolute Gasteiger partial charge is 0.377 e. The van der Waals surface area contributed by atoms with E-state index in [2.05, 4.69) is 4.90 Å². The summed E-state index contributed by atoms with van der Waals surface area (Å²) in [7, 11) is 0. The minimum atomic E-state index is 0.414. The predicted molar refractivity (Wildman–Crippen MR) is 52.6 cm³/mol. The first-order valence-corrected chi connectivity index (χ1v) is 5.44. The van der Waals surface area contributed by atoms with Gasteiger partial charge in [-0.15, -0.1) is 0 Å². The number of nitrogens with two attached hydrogens (primary N) is 1. The van der Waals surface area contributed by atoms with E-state index in [0.717, 1.165) is 26.0 Å². The molecule has 0 aromatic carbocycles. The van der Waals surface area contributed by atoms with Crippen LogP contribution in [0.3, 0.4) is 0 Å². The molecule has 0 aromatic rings. The molecule has 13 heavy (non-hydrogen) atoms. The second-order valence-electron chi connectivity index (χ2n) is 4.27. The van der Waals surface area contributed by atoms with E-state index < -0.39 is 0 Å². The molecule has 2 aliphatic rings. The van der Waals surface area contributed by atoms with Gasteiger partial charge in [0.15, 0.2) is 0 Å². The van der Waals surface area contributed by atoms with E-state index in [1.165, 1.54) is 25.9 Å². The molecular weight excluding hydrogens is 164 g/mol. The van der Waals surface area contributed by atoms with E-state index in [0.29, 0.717) is 12.1 Å². The Morgan fingerprint density at radius 1 is 1.23 bits per heavy atom. The molecule has 1 saturated heterocycles. The first-order chi connectivity index (χ1) is 6.34. The Morgan fingerprint density at radius 3 is 2.54 bits per heavy atom. The smallest absolute Gasteiger partial charge is 0.0605 e. The Labute approximate surface area is 80.2 Å². The highest BCUT2D eigenvalue weighted by Crippen LogP contribution is 2.21. The van der Waals surface area contributed by atoms with Crippen LogP contribution in [0.15, 0.2) is 0 Å². The lowest BCUT2D eigenvalue weighted by molar-refractivity contribution is -0.0151. The van der Waals surface area contributed by atoms with Gasteiger partial charge in [-0.3, -0.25) is 0 Å². The van der Waals surface area contributed by atoms with Gasteiger partial charge in [0.05, 0.1) is 12.7 Å². The molecule has 1 aliphatic heterocycles. The van der Waals surface area contributed by atoms with Gasteiger partial charge >= 0.3 is 0 Å². The SMILES string of the molecule is NC1CC(OCCN2CCCC2)C1. The molecule has 3 heteroatoms. The molecule has 1 saturated carbocycles. The monoisotopic (exact) mass is 184 g/mol. The Morgan fingerprint density at radius 2 is 1.92 bits per heavy atom. The average Bonchev–Trinajstić information content (AvgIpc) is 2.53. The second-order valence-corrected chi connectivity index (χ2v) is 4.27. The van der Waals surface area contributed by atoms with Crippen molar-refractivity contribution in [2.24, 2.45) is 5.73 Å². The maximum absolute atomic E-state index is 5.69. The molecule has 2 rings (SSSR count). The third-order valence-electron chi connectivity index (χ3n) is 3.09. The summed E-state index contributed by atoms with van der Waals surface area (Å²) in [6, 6.07) is 0.414. The van der Waals surface area contributed by atoms with Gasteiger partial charge in [-0.1, -0.05) is 0 Å². The van der Waals surface area contributed by atoms with Gasteiger partial charge in [-0.25, -0.2) is 0 Å². The van der Waals surface area contributed by atoms with Crippen LogP contribution in [-0.2, 0) is 4.74 Å². The first kappa shape index (κ1) is 9.44. The molecule has 0 amide bonds.